The second-order valence-electron chi connectivity index (χ2n) is 3.92. The minimum atomic E-state index is -0.175. The molecule has 0 unspecified atom stereocenters. The highest BCUT2D eigenvalue weighted by molar-refractivity contribution is 5.43. The summed E-state index contributed by atoms with van der Waals surface area (Å²) in [5.41, 5.74) is 2.26. The van der Waals surface area contributed by atoms with Gasteiger partial charge in [0.05, 0.1) is 0 Å². The molecule has 0 bridgehead atoms. The molecule has 0 aromatic heterocycles. The zero-order valence-corrected chi connectivity index (χ0v) is 9.55. The van der Waals surface area contributed by atoms with Gasteiger partial charge in [-0.25, -0.2) is 0 Å². The lowest BCUT2D eigenvalue weighted by Gasteiger charge is -2.07. The molecule has 0 aliphatic carbocycles. The fourth-order valence-electron chi connectivity index (χ4n) is 1.44. The van der Waals surface area contributed by atoms with Gasteiger partial charge in [-0.3, -0.25) is 0 Å². The zero-order chi connectivity index (χ0) is 12.3. The van der Waals surface area contributed by atoms with Crippen molar-refractivity contribution in [3.05, 3.63) is 53.6 Å². The van der Waals surface area contributed by atoms with E-state index in [0.717, 1.165) is 5.56 Å². The Morgan fingerprint density at radius 2 is 1.65 bits per heavy atom. The van der Waals surface area contributed by atoms with E-state index in [-0.39, 0.29) is 11.5 Å². The van der Waals surface area contributed by atoms with Crippen LogP contribution >= 0.6 is 0 Å². The normalized spacial score (nSPS) is 10.2. The van der Waals surface area contributed by atoms with Crippen molar-refractivity contribution in [3.63, 3.8) is 0 Å². The van der Waals surface area contributed by atoms with Crippen molar-refractivity contribution >= 4 is 0 Å². The molecule has 0 fully saturated rings. The van der Waals surface area contributed by atoms with Crippen LogP contribution in [0.5, 0.6) is 17.2 Å². The van der Waals surface area contributed by atoms with Crippen LogP contribution in [0.25, 0.3) is 0 Å². The molecular formula is C14H14O3. The molecule has 0 radical (unpaired) electrons. The van der Waals surface area contributed by atoms with Crippen molar-refractivity contribution in [1.29, 1.82) is 0 Å². The summed E-state index contributed by atoms with van der Waals surface area (Å²) in [7, 11) is 0. The third-order valence-electron chi connectivity index (χ3n) is 2.47. The first kappa shape index (κ1) is 11.3. The van der Waals surface area contributed by atoms with E-state index >= 15 is 0 Å². The summed E-state index contributed by atoms with van der Waals surface area (Å²) in [6.07, 6.45) is 0. The number of hydrogen-bond acceptors (Lipinski definition) is 3. The van der Waals surface area contributed by atoms with Crippen LogP contribution in [0.2, 0.25) is 0 Å². The van der Waals surface area contributed by atoms with Crippen LogP contribution in [0.15, 0.2) is 42.5 Å². The molecule has 2 N–H and O–H groups in total. The van der Waals surface area contributed by atoms with Crippen LogP contribution in [-0.4, -0.2) is 10.2 Å². The molecule has 0 aliphatic rings. The van der Waals surface area contributed by atoms with E-state index in [1.165, 1.54) is 17.7 Å². The lowest BCUT2D eigenvalue weighted by Crippen LogP contribution is -1.95. The number of phenols is 2. The second-order valence-corrected chi connectivity index (χ2v) is 3.92. The van der Waals surface area contributed by atoms with Crippen molar-refractivity contribution in [2.45, 2.75) is 13.5 Å². The standard InChI is InChI=1S/C14H14O3/c1-10-2-4-11(5-3-10)9-17-12-6-7-13(15)14(16)8-12/h2-8,15-16H,9H2,1H3. The molecule has 3 nitrogen and oxygen atoms in total. The fourth-order valence-corrected chi connectivity index (χ4v) is 1.44. The van der Waals surface area contributed by atoms with E-state index in [0.29, 0.717) is 12.4 Å². The maximum Gasteiger partial charge on any atom is 0.161 e. The quantitative estimate of drug-likeness (QED) is 0.797. The highest BCUT2D eigenvalue weighted by Crippen LogP contribution is 2.28. The van der Waals surface area contributed by atoms with Crippen molar-refractivity contribution in [2.24, 2.45) is 0 Å². The Morgan fingerprint density at radius 1 is 0.941 bits per heavy atom. The van der Waals surface area contributed by atoms with E-state index in [1.54, 1.807) is 6.07 Å². The summed E-state index contributed by atoms with van der Waals surface area (Å²) < 4.78 is 5.50. The van der Waals surface area contributed by atoms with Gasteiger partial charge in [-0.1, -0.05) is 29.8 Å². The second kappa shape index (κ2) is 4.78. The highest BCUT2D eigenvalue weighted by Gasteiger charge is 2.01. The third-order valence-corrected chi connectivity index (χ3v) is 2.47. The van der Waals surface area contributed by atoms with Gasteiger partial charge in [0.25, 0.3) is 0 Å². The monoisotopic (exact) mass is 230 g/mol. The van der Waals surface area contributed by atoms with Gasteiger partial charge >= 0.3 is 0 Å². The highest BCUT2D eigenvalue weighted by atomic mass is 16.5. The Labute approximate surface area is 99.9 Å². The maximum atomic E-state index is 9.30. The SMILES string of the molecule is Cc1ccc(COc2ccc(O)c(O)c2)cc1. The molecule has 2 rings (SSSR count). The molecule has 17 heavy (non-hydrogen) atoms. The Morgan fingerprint density at radius 3 is 2.29 bits per heavy atom. The summed E-state index contributed by atoms with van der Waals surface area (Å²) in [5.74, 6) is 0.208. The van der Waals surface area contributed by atoms with Crippen molar-refractivity contribution in [1.82, 2.24) is 0 Å². The molecule has 0 saturated heterocycles. The summed E-state index contributed by atoms with van der Waals surface area (Å²) >= 11 is 0. The summed E-state index contributed by atoms with van der Waals surface area (Å²) in [6.45, 7) is 2.47. The molecule has 3 heteroatoms. The van der Waals surface area contributed by atoms with Gasteiger partial charge in [-0.05, 0) is 24.6 Å². The topological polar surface area (TPSA) is 49.7 Å². The third kappa shape index (κ3) is 2.91. The average Bonchev–Trinajstić information content (AvgIpc) is 2.33. The number of hydrogen-bond donors (Lipinski definition) is 2. The van der Waals surface area contributed by atoms with Gasteiger partial charge in [0.1, 0.15) is 12.4 Å². The lowest BCUT2D eigenvalue weighted by atomic mass is 10.2. The van der Waals surface area contributed by atoms with Crippen LogP contribution in [-0.2, 0) is 6.61 Å². The van der Waals surface area contributed by atoms with Crippen molar-refractivity contribution in [3.8, 4) is 17.2 Å². The number of aromatic hydroxyl groups is 2. The molecule has 2 aromatic rings. The van der Waals surface area contributed by atoms with Crippen LogP contribution < -0.4 is 4.74 Å². The van der Waals surface area contributed by atoms with Gasteiger partial charge in [0.2, 0.25) is 0 Å². The van der Waals surface area contributed by atoms with Crippen LogP contribution in [0.3, 0.4) is 0 Å². The van der Waals surface area contributed by atoms with Crippen LogP contribution in [0.4, 0.5) is 0 Å². The average molecular weight is 230 g/mol. The molecule has 0 atom stereocenters. The first-order chi connectivity index (χ1) is 8.15. The van der Waals surface area contributed by atoms with E-state index < -0.39 is 0 Å². The molecule has 0 amide bonds. The van der Waals surface area contributed by atoms with Gasteiger partial charge in [-0.15, -0.1) is 0 Å². The van der Waals surface area contributed by atoms with Gasteiger partial charge in [-0.2, -0.15) is 0 Å². The number of benzene rings is 2. The number of rotatable bonds is 3. The van der Waals surface area contributed by atoms with Crippen molar-refractivity contribution in [2.75, 3.05) is 0 Å². The lowest BCUT2D eigenvalue weighted by molar-refractivity contribution is 0.302. The molecule has 0 saturated carbocycles. The predicted octanol–water partition coefficient (Wildman–Crippen LogP) is 2.99. The number of aryl methyl sites for hydroxylation is 1. The first-order valence-electron chi connectivity index (χ1n) is 5.35. The van der Waals surface area contributed by atoms with E-state index in [2.05, 4.69) is 0 Å². The minimum Gasteiger partial charge on any atom is -0.504 e. The van der Waals surface area contributed by atoms with Gasteiger partial charge in [0.15, 0.2) is 11.5 Å². The summed E-state index contributed by atoms with van der Waals surface area (Å²) in [4.78, 5) is 0. The molecule has 2 aromatic carbocycles. The van der Waals surface area contributed by atoms with Gasteiger partial charge in [0, 0.05) is 6.07 Å². The Hall–Kier alpha value is -2.16. The predicted molar refractivity (Wildman–Crippen MR) is 65.3 cm³/mol. The largest absolute Gasteiger partial charge is 0.504 e. The van der Waals surface area contributed by atoms with Crippen LogP contribution in [0, 0.1) is 6.92 Å². The van der Waals surface area contributed by atoms with Crippen LogP contribution in [0.1, 0.15) is 11.1 Å². The summed E-state index contributed by atoms with van der Waals surface area (Å²) in [5, 5.41) is 18.5. The smallest absolute Gasteiger partial charge is 0.161 e. The number of ether oxygens (including phenoxy) is 1. The van der Waals surface area contributed by atoms with E-state index in [1.807, 2.05) is 31.2 Å². The molecule has 0 aliphatic heterocycles. The molecule has 0 spiro atoms. The van der Waals surface area contributed by atoms with E-state index in [9.17, 15) is 5.11 Å². The van der Waals surface area contributed by atoms with Gasteiger partial charge < -0.3 is 14.9 Å². The Kier molecular flexibility index (Phi) is 3.19. The Bertz CT molecular complexity index is 503. The molecular weight excluding hydrogens is 216 g/mol. The fraction of sp³-hybridized carbons (Fsp3) is 0.143. The molecule has 88 valence electrons. The Balaban J connectivity index is 2.02. The van der Waals surface area contributed by atoms with Crippen molar-refractivity contribution < 1.29 is 14.9 Å². The molecule has 0 heterocycles. The first-order valence-corrected chi connectivity index (χ1v) is 5.35. The van der Waals surface area contributed by atoms with E-state index in [4.69, 9.17) is 9.84 Å². The zero-order valence-electron chi connectivity index (χ0n) is 9.55. The minimum absolute atomic E-state index is 0.146. The summed E-state index contributed by atoms with van der Waals surface area (Å²) in [6, 6.07) is 12.4. The maximum absolute atomic E-state index is 9.30. The number of phenolic OH excluding ortho intramolecular Hbond substituents is 2.